The maximum absolute atomic E-state index is 6.00. The van der Waals surface area contributed by atoms with E-state index in [2.05, 4.69) is 40.4 Å². The van der Waals surface area contributed by atoms with Gasteiger partial charge in [0.2, 0.25) is 0 Å². The van der Waals surface area contributed by atoms with Crippen LogP contribution in [0.25, 0.3) is 0 Å². The smallest absolute Gasteiger partial charge is 0.138 e. The van der Waals surface area contributed by atoms with Crippen molar-refractivity contribution in [2.75, 3.05) is 19.6 Å². The molecule has 0 amide bonds. The Balaban J connectivity index is 0.00000176. The molecule has 2 heterocycles. The van der Waals surface area contributed by atoms with Crippen LogP contribution < -0.4 is 5.73 Å². The molecule has 22 heavy (non-hydrogen) atoms. The van der Waals surface area contributed by atoms with Crippen molar-refractivity contribution in [1.82, 2.24) is 10.1 Å². The van der Waals surface area contributed by atoms with Gasteiger partial charge in [-0.1, -0.05) is 35.5 Å². The monoisotopic (exact) mass is 321 g/mol. The fraction of sp³-hybridized carbons (Fsp3) is 0.471. The second-order valence-corrected chi connectivity index (χ2v) is 6.01. The molecule has 2 aromatic rings. The van der Waals surface area contributed by atoms with E-state index in [0.29, 0.717) is 11.8 Å². The van der Waals surface area contributed by atoms with Gasteiger partial charge < -0.3 is 10.3 Å². The van der Waals surface area contributed by atoms with Gasteiger partial charge in [0.15, 0.2) is 0 Å². The maximum atomic E-state index is 6.00. The highest BCUT2D eigenvalue weighted by Gasteiger charge is 2.33. The van der Waals surface area contributed by atoms with Gasteiger partial charge in [0.05, 0.1) is 5.69 Å². The summed E-state index contributed by atoms with van der Waals surface area (Å²) in [5.74, 6) is 1.98. The number of aryl methyl sites for hydroxylation is 2. The second kappa shape index (κ2) is 7.27. The number of rotatable bonds is 4. The number of likely N-dealkylation sites (tertiary alicyclic amines) is 1. The predicted octanol–water partition coefficient (Wildman–Crippen LogP) is 2.89. The van der Waals surface area contributed by atoms with E-state index in [1.54, 1.807) is 0 Å². The Bertz CT molecular complexity index is 580. The van der Waals surface area contributed by atoms with Crippen molar-refractivity contribution in [3.8, 4) is 0 Å². The number of aromatic nitrogens is 1. The normalized spacial score (nSPS) is 21.8. The molecule has 0 saturated carbocycles. The lowest BCUT2D eigenvalue weighted by Gasteiger charge is -2.16. The average molecular weight is 322 g/mol. The first-order chi connectivity index (χ1) is 10.2. The second-order valence-electron chi connectivity index (χ2n) is 6.01. The molecule has 5 heteroatoms. The van der Waals surface area contributed by atoms with E-state index >= 15 is 0 Å². The third-order valence-electron chi connectivity index (χ3n) is 4.61. The van der Waals surface area contributed by atoms with Crippen LogP contribution in [0.4, 0.5) is 0 Å². The molecule has 1 aliphatic heterocycles. The first-order valence-electron chi connectivity index (χ1n) is 7.58. The Morgan fingerprint density at radius 1 is 1.23 bits per heavy atom. The lowest BCUT2D eigenvalue weighted by molar-refractivity contribution is 0.313. The zero-order chi connectivity index (χ0) is 14.8. The molecule has 1 aromatic carbocycles. The highest BCUT2D eigenvalue weighted by molar-refractivity contribution is 5.85. The van der Waals surface area contributed by atoms with Gasteiger partial charge in [0, 0.05) is 31.1 Å². The topological polar surface area (TPSA) is 55.3 Å². The van der Waals surface area contributed by atoms with Gasteiger partial charge in [0.1, 0.15) is 5.76 Å². The van der Waals surface area contributed by atoms with Crippen molar-refractivity contribution in [1.29, 1.82) is 0 Å². The van der Waals surface area contributed by atoms with E-state index in [4.69, 9.17) is 10.3 Å². The van der Waals surface area contributed by atoms with Crippen LogP contribution in [0.3, 0.4) is 0 Å². The SMILES string of the molecule is Cc1noc(C)c1CN1C[C@@H](CN)[C@H](c2ccccc2)C1.Cl. The molecule has 1 saturated heterocycles. The molecule has 0 aliphatic carbocycles. The minimum absolute atomic E-state index is 0. The molecular formula is C17H24ClN3O. The van der Waals surface area contributed by atoms with Gasteiger partial charge in [-0.05, 0) is 31.9 Å². The van der Waals surface area contributed by atoms with Crippen LogP contribution in [0.15, 0.2) is 34.9 Å². The van der Waals surface area contributed by atoms with E-state index < -0.39 is 0 Å². The molecule has 2 atom stereocenters. The molecule has 120 valence electrons. The highest BCUT2D eigenvalue weighted by atomic mass is 35.5. The van der Waals surface area contributed by atoms with Crippen LogP contribution in [-0.2, 0) is 6.54 Å². The molecule has 3 rings (SSSR count). The van der Waals surface area contributed by atoms with Gasteiger partial charge in [0.25, 0.3) is 0 Å². The summed E-state index contributed by atoms with van der Waals surface area (Å²) in [6.45, 7) is 7.73. The van der Waals surface area contributed by atoms with Gasteiger partial charge in [-0.2, -0.15) is 0 Å². The zero-order valence-corrected chi connectivity index (χ0v) is 14.0. The quantitative estimate of drug-likeness (QED) is 0.940. The number of halogens is 1. The molecular weight excluding hydrogens is 298 g/mol. The van der Waals surface area contributed by atoms with E-state index in [0.717, 1.165) is 37.6 Å². The molecule has 1 aliphatic rings. The molecule has 0 radical (unpaired) electrons. The summed E-state index contributed by atoms with van der Waals surface area (Å²) in [4.78, 5) is 2.47. The Hall–Kier alpha value is -1.36. The fourth-order valence-electron chi connectivity index (χ4n) is 3.36. The fourth-order valence-corrected chi connectivity index (χ4v) is 3.36. The predicted molar refractivity (Wildman–Crippen MR) is 90.2 cm³/mol. The van der Waals surface area contributed by atoms with Crippen molar-refractivity contribution < 1.29 is 4.52 Å². The van der Waals surface area contributed by atoms with Crippen molar-refractivity contribution >= 4 is 12.4 Å². The molecule has 4 nitrogen and oxygen atoms in total. The van der Waals surface area contributed by atoms with Crippen LogP contribution >= 0.6 is 12.4 Å². The molecule has 1 aromatic heterocycles. The van der Waals surface area contributed by atoms with Crippen molar-refractivity contribution in [3.05, 3.63) is 52.9 Å². The standard InChI is InChI=1S/C17H23N3O.ClH/c1-12-16(13(2)21-19-12)10-20-9-15(8-18)17(11-20)14-6-4-3-5-7-14;/h3-7,15,17H,8-11,18H2,1-2H3;1H/t15-,17+;/m1./s1. The average Bonchev–Trinajstić information content (AvgIpc) is 3.06. The van der Waals surface area contributed by atoms with E-state index in [9.17, 15) is 0 Å². The van der Waals surface area contributed by atoms with E-state index in [1.165, 1.54) is 11.1 Å². The number of nitrogens with two attached hydrogens (primary N) is 1. The Morgan fingerprint density at radius 3 is 2.55 bits per heavy atom. The first kappa shape index (κ1) is 17.0. The summed E-state index contributed by atoms with van der Waals surface area (Å²) < 4.78 is 5.27. The Morgan fingerprint density at radius 2 is 1.95 bits per heavy atom. The first-order valence-corrected chi connectivity index (χ1v) is 7.58. The number of benzene rings is 1. The minimum atomic E-state index is 0. The number of hydrogen-bond acceptors (Lipinski definition) is 4. The number of hydrogen-bond donors (Lipinski definition) is 1. The van der Waals surface area contributed by atoms with Crippen LogP contribution in [0.2, 0.25) is 0 Å². The largest absolute Gasteiger partial charge is 0.361 e. The van der Waals surface area contributed by atoms with Crippen LogP contribution in [0, 0.1) is 19.8 Å². The molecule has 2 N–H and O–H groups in total. The van der Waals surface area contributed by atoms with Gasteiger partial charge in [-0.3, -0.25) is 4.90 Å². The lowest BCUT2D eigenvalue weighted by atomic mass is 9.89. The van der Waals surface area contributed by atoms with Crippen molar-refractivity contribution in [3.63, 3.8) is 0 Å². The molecule has 0 spiro atoms. The van der Waals surface area contributed by atoms with Crippen molar-refractivity contribution in [2.45, 2.75) is 26.3 Å². The van der Waals surface area contributed by atoms with E-state index in [1.807, 2.05) is 13.8 Å². The van der Waals surface area contributed by atoms with Crippen LogP contribution in [-0.4, -0.2) is 29.7 Å². The van der Waals surface area contributed by atoms with Gasteiger partial charge in [-0.25, -0.2) is 0 Å². The van der Waals surface area contributed by atoms with Gasteiger partial charge in [-0.15, -0.1) is 12.4 Å². The summed E-state index contributed by atoms with van der Waals surface area (Å²) in [6, 6.07) is 10.7. The Labute approximate surface area is 138 Å². The van der Waals surface area contributed by atoms with E-state index in [-0.39, 0.29) is 12.4 Å². The molecule has 0 unspecified atom stereocenters. The summed E-state index contributed by atoms with van der Waals surface area (Å²) >= 11 is 0. The third kappa shape index (κ3) is 3.35. The molecule has 0 bridgehead atoms. The lowest BCUT2D eigenvalue weighted by Crippen LogP contribution is -2.23. The summed E-state index contributed by atoms with van der Waals surface area (Å²) in [7, 11) is 0. The molecule has 1 fully saturated rings. The summed E-state index contributed by atoms with van der Waals surface area (Å²) in [5.41, 5.74) is 9.62. The Kier molecular flexibility index (Phi) is 5.62. The summed E-state index contributed by atoms with van der Waals surface area (Å²) in [6.07, 6.45) is 0. The van der Waals surface area contributed by atoms with Gasteiger partial charge >= 0.3 is 0 Å². The highest BCUT2D eigenvalue weighted by Crippen LogP contribution is 2.33. The maximum Gasteiger partial charge on any atom is 0.138 e. The van der Waals surface area contributed by atoms with Crippen molar-refractivity contribution in [2.24, 2.45) is 11.7 Å². The van der Waals surface area contributed by atoms with Crippen LogP contribution in [0.1, 0.15) is 28.5 Å². The zero-order valence-electron chi connectivity index (χ0n) is 13.2. The third-order valence-corrected chi connectivity index (χ3v) is 4.61. The number of nitrogens with zero attached hydrogens (tertiary/aromatic N) is 2. The van der Waals surface area contributed by atoms with Crippen LogP contribution in [0.5, 0.6) is 0 Å². The summed E-state index contributed by atoms with van der Waals surface area (Å²) in [5, 5.41) is 4.05. The minimum Gasteiger partial charge on any atom is -0.361 e.